The molecule has 4 aromatic rings. The van der Waals surface area contributed by atoms with Crippen molar-refractivity contribution in [3.8, 4) is 11.1 Å². The molecule has 0 unspecified atom stereocenters. The molecular formula is C34H35F3N4O4. The number of aromatic nitrogens is 2. The van der Waals surface area contributed by atoms with Gasteiger partial charge in [0.15, 0.2) is 0 Å². The summed E-state index contributed by atoms with van der Waals surface area (Å²) in [5, 5.41) is 6.05. The molecule has 1 heterocycles. The lowest BCUT2D eigenvalue weighted by atomic mass is 9.96. The first-order valence-electron chi connectivity index (χ1n) is 15.2. The Morgan fingerprint density at radius 3 is 2.42 bits per heavy atom. The Morgan fingerprint density at radius 1 is 0.978 bits per heavy atom. The van der Waals surface area contributed by atoms with E-state index in [9.17, 15) is 27.6 Å². The molecule has 8 nitrogen and oxygen atoms in total. The summed E-state index contributed by atoms with van der Waals surface area (Å²) in [4.78, 5) is 41.3. The Morgan fingerprint density at radius 2 is 1.71 bits per heavy atom. The Bertz CT molecular complexity index is 1680. The number of carbonyl (C=O) groups is 3. The number of carbonyl (C=O) groups excluding carboxylic acids is 3. The van der Waals surface area contributed by atoms with E-state index in [1.165, 1.54) is 18.6 Å². The van der Waals surface area contributed by atoms with E-state index in [0.717, 1.165) is 67.4 Å². The number of hydrogen-bond acceptors (Lipinski definition) is 5. The normalized spacial score (nSPS) is 13.9. The minimum Gasteiger partial charge on any atom is -0.383 e. The van der Waals surface area contributed by atoms with Gasteiger partial charge < -0.3 is 19.9 Å². The molecule has 2 amide bonds. The quantitative estimate of drug-likeness (QED) is 0.147. The zero-order chi connectivity index (χ0) is 32.0. The molecule has 0 radical (unpaired) electrons. The number of nitrogens with one attached hydrogen (secondary N) is 2. The summed E-state index contributed by atoms with van der Waals surface area (Å²) in [6.07, 6.45) is 2.90. The van der Waals surface area contributed by atoms with Crippen LogP contribution in [0.3, 0.4) is 0 Å². The SMILES string of the molecule is CCCCc1nc2ccc(NC(=O)NC3CCCCC3)cc2n1Cc1ccc(-c2ccccc2C(=O)OC(=O)C(F)(F)F)cc1. The lowest BCUT2D eigenvalue weighted by Gasteiger charge is -2.22. The minimum absolute atomic E-state index is 0.155. The maximum absolute atomic E-state index is 12.7. The van der Waals surface area contributed by atoms with Gasteiger partial charge in [0.05, 0.1) is 16.6 Å². The van der Waals surface area contributed by atoms with Crippen molar-refractivity contribution in [2.75, 3.05) is 5.32 Å². The van der Waals surface area contributed by atoms with Gasteiger partial charge in [-0.3, -0.25) is 0 Å². The number of anilines is 1. The largest absolute Gasteiger partial charge is 0.491 e. The fourth-order valence-corrected chi connectivity index (χ4v) is 5.63. The van der Waals surface area contributed by atoms with E-state index in [4.69, 9.17) is 4.98 Å². The van der Waals surface area contributed by atoms with E-state index in [2.05, 4.69) is 26.9 Å². The van der Waals surface area contributed by atoms with Crippen LogP contribution < -0.4 is 10.6 Å². The van der Waals surface area contributed by atoms with Crippen LogP contribution in [-0.2, 0) is 22.5 Å². The van der Waals surface area contributed by atoms with E-state index >= 15 is 0 Å². The number of alkyl halides is 3. The number of halogens is 3. The lowest BCUT2D eigenvalue weighted by Crippen LogP contribution is -2.39. The number of urea groups is 1. The first kappa shape index (κ1) is 31.7. The standard InChI is InChI=1S/C34H35F3N4O4/c1-2-3-13-30-40-28-19-18-25(39-33(44)38-24-9-5-4-6-10-24)20-29(28)41(30)21-22-14-16-23(17-15-22)26-11-7-8-12-27(26)31(42)45-32(43)34(35,36)37/h7-8,11-12,14-20,24H,2-6,9-10,13,21H2,1H3,(H2,38,39,44). The van der Waals surface area contributed by atoms with Gasteiger partial charge in [-0.2, -0.15) is 13.2 Å². The van der Waals surface area contributed by atoms with Crippen LogP contribution in [0.25, 0.3) is 22.2 Å². The van der Waals surface area contributed by atoms with Crippen molar-refractivity contribution in [2.24, 2.45) is 0 Å². The van der Waals surface area contributed by atoms with Crippen LogP contribution in [0.5, 0.6) is 0 Å². The van der Waals surface area contributed by atoms with Crippen LogP contribution >= 0.6 is 0 Å². The molecule has 0 bridgehead atoms. The summed E-state index contributed by atoms with van der Waals surface area (Å²) in [5.41, 5.74) is 4.04. The highest BCUT2D eigenvalue weighted by molar-refractivity contribution is 6.03. The predicted molar refractivity (Wildman–Crippen MR) is 165 cm³/mol. The maximum Gasteiger partial charge on any atom is 0.491 e. The zero-order valence-corrected chi connectivity index (χ0v) is 25.0. The Hall–Kier alpha value is -4.67. The fourth-order valence-electron chi connectivity index (χ4n) is 5.63. The number of esters is 2. The molecule has 1 aliphatic rings. The monoisotopic (exact) mass is 620 g/mol. The summed E-state index contributed by atoms with van der Waals surface area (Å²) >= 11 is 0. The smallest absolute Gasteiger partial charge is 0.383 e. The third-order valence-electron chi connectivity index (χ3n) is 7.95. The molecule has 1 aliphatic carbocycles. The molecule has 0 aliphatic heterocycles. The number of benzene rings is 3. The molecule has 45 heavy (non-hydrogen) atoms. The highest BCUT2D eigenvalue weighted by atomic mass is 19.4. The number of unbranched alkanes of at least 4 members (excludes halogenated alkanes) is 1. The first-order chi connectivity index (χ1) is 21.6. The summed E-state index contributed by atoms with van der Waals surface area (Å²) < 4.78 is 44.2. The second-order valence-corrected chi connectivity index (χ2v) is 11.3. The Balaban J connectivity index is 1.37. The molecule has 3 aromatic carbocycles. The van der Waals surface area contributed by atoms with Crippen LogP contribution in [-0.4, -0.2) is 39.7 Å². The molecule has 0 atom stereocenters. The van der Waals surface area contributed by atoms with Crippen LogP contribution in [0.4, 0.5) is 23.7 Å². The Kier molecular flexibility index (Phi) is 9.85. The van der Waals surface area contributed by atoms with E-state index < -0.39 is 18.1 Å². The molecule has 1 aromatic heterocycles. The maximum atomic E-state index is 12.7. The average Bonchev–Trinajstić information content (AvgIpc) is 3.36. The summed E-state index contributed by atoms with van der Waals surface area (Å²) in [5.74, 6) is -3.02. The van der Waals surface area contributed by atoms with Gasteiger partial charge >= 0.3 is 24.1 Å². The molecule has 1 fully saturated rings. The topological polar surface area (TPSA) is 102 Å². The fraction of sp³-hybridized carbons (Fsp3) is 0.353. The summed E-state index contributed by atoms with van der Waals surface area (Å²) in [7, 11) is 0. The van der Waals surface area contributed by atoms with Gasteiger partial charge in [0.25, 0.3) is 0 Å². The molecule has 236 valence electrons. The van der Waals surface area contributed by atoms with Crippen LogP contribution in [0.15, 0.2) is 66.7 Å². The average molecular weight is 621 g/mol. The highest BCUT2D eigenvalue weighted by Crippen LogP contribution is 2.28. The number of imidazole rings is 1. The van der Waals surface area contributed by atoms with Gasteiger partial charge in [0.2, 0.25) is 0 Å². The van der Waals surface area contributed by atoms with E-state index in [0.29, 0.717) is 23.4 Å². The van der Waals surface area contributed by atoms with Crippen molar-refractivity contribution in [1.82, 2.24) is 14.9 Å². The molecule has 5 rings (SSSR count). The number of fused-ring (bicyclic) bond motifs is 1. The van der Waals surface area contributed by atoms with Crippen LogP contribution in [0.2, 0.25) is 0 Å². The second-order valence-electron chi connectivity index (χ2n) is 11.3. The number of ether oxygens (including phenoxy) is 1. The number of rotatable bonds is 9. The number of nitrogens with zero attached hydrogens (tertiary/aromatic N) is 2. The van der Waals surface area contributed by atoms with Crippen molar-refractivity contribution in [2.45, 2.75) is 77.1 Å². The third-order valence-corrected chi connectivity index (χ3v) is 7.95. The zero-order valence-electron chi connectivity index (χ0n) is 25.0. The van der Waals surface area contributed by atoms with Gasteiger partial charge in [-0.15, -0.1) is 0 Å². The van der Waals surface area contributed by atoms with E-state index in [1.54, 1.807) is 24.3 Å². The van der Waals surface area contributed by atoms with Gasteiger partial charge in [-0.05, 0) is 60.2 Å². The summed E-state index contributed by atoms with van der Waals surface area (Å²) in [6.45, 7) is 2.60. The molecule has 11 heteroatoms. The van der Waals surface area contributed by atoms with E-state index in [1.807, 2.05) is 30.3 Å². The Labute approximate surface area is 259 Å². The van der Waals surface area contributed by atoms with Gasteiger partial charge in [0, 0.05) is 24.7 Å². The lowest BCUT2D eigenvalue weighted by molar-refractivity contribution is -0.193. The van der Waals surface area contributed by atoms with Gasteiger partial charge in [-0.25, -0.2) is 19.4 Å². The molecule has 2 N–H and O–H groups in total. The van der Waals surface area contributed by atoms with Gasteiger partial charge in [0.1, 0.15) is 5.82 Å². The van der Waals surface area contributed by atoms with Crippen molar-refractivity contribution < 1.29 is 32.3 Å². The minimum atomic E-state index is -5.28. The molecule has 0 saturated heterocycles. The van der Waals surface area contributed by atoms with Gasteiger partial charge in [-0.1, -0.05) is 75.1 Å². The van der Waals surface area contributed by atoms with Crippen LogP contribution in [0, 0.1) is 0 Å². The van der Waals surface area contributed by atoms with Crippen molar-refractivity contribution in [3.63, 3.8) is 0 Å². The van der Waals surface area contributed by atoms with Crippen molar-refractivity contribution in [1.29, 1.82) is 0 Å². The second kappa shape index (κ2) is 14.0. The first-order valence-corrected chi connectivity index (χ1v) is 15.2. The number of hydrogen-bond donors (Lipinski definition) is 2. The summed E-state index contributed by atoms with van der Waals surface area (Å²) in [6, 6.07) is 18.9. The molecular weight excluding hydrogens is 585 g/mol. The molecule has 1 saturated carbocycles. The predicted octanol–water partition coefficient (Wildman–Crippen LogP) is 7.79. The third kappa shape index (κ3) is 7.89. The van der Waals surface area contributed by atoms with Crippen LogP contribution in [0.1, 0.15) is 73.6 Å². The van der Waals surface area contributed by atoms with Crippen molar-refractivity contribution in [3.05, 3.63) is 83.7 Å². The highest BCUT2D eigenvalue weighted by Gasteiger charge is 2.42. The van der Waals surface area contributed by atoms with Crippen molar-refractivity contribution >= 4 is 34.7 Å². The number of amides is 2. The van der Waals surface area contributed by atoms with E-state index in [-0.39, 0.29) is 17.6 Å². The number of aryl methyl sites for hydroxylation is 1. The molecule has 0 spiro atoms.